The summed E-state index contributed by atoms with van der Waals surface area (Å²) in [5.74, 6) is 1.12. The summed E-state index contributed by atoms with van der Waals surface area (Å²) in [6.45, 7) is 1.97. The lowest BCUT2D eigenvalue weighted by molar-refractivity contribution is 0.390. The lowest BCUT2D eigenvalue weighted by Crippen LogP contribution is -1.89. The fraction of sp³-hybridized carbons (Fsp3) is 0.182. The second-order valence-electron chi connectivity index (χ2n) is 3.35. The summed E-state index contributed by atoms with van der Waals surface area (Å²) in [5.41, 5.74) is 7.41. The van der Waals surface area contributed by atoms with E-state index in [1.807, 2.05) is 13.0 Å². The molecule has 84 valence electrons. The predicted molar refractivity (Wildman–Crippen MR) is 65.7 cm³/mol. The molecule has 1 heterocycles. The van der Waals surface area contributed by atoms with Crippen molar-refractivity contribution in [3.8, 4) is 11.1 Å². The molecule has 0 amide bonds. The first kappa shape index (κ1) is 11.3. The monoisotopic (exact) mass is 256 g/mol. The maximum absolute atomic E-state index is 5.95. The molecule has 2 aromatic rings. The highest BCUT2D eigenvalue weighted by Crippen LogP contribution is 2.33. The van der Waals surface area contributed by atoms with Crippen molar-refractivity contribution in [2.75, 3.05) is 5.73 Å². The van der Waals surface area contributed by atoms with Gasteiger partial charge < -0.3 is 10.3 Å². The molecular weight excluding hydrogens is 247 g/mol. The number of aryl methyl sites for hydroxylation is 1. The standard InChI is InChI=1S/C11H10Cl2N2O/c1-2-9-10(11(14)15-16-9)6-3-4-7(12)8(13)5-6/h3-5H,2H2,1H3,(H2,14,15). The van der Waals surface area contributed by atoms with Crippen LogP contribution in [-0.4, -0.2) is 5.16 Å². The van der Waals surface area contributed by atoms with Crippen LogP contribution in [0.3, 0.4) is 0 Å². The average Bonchev–Trinajstić information content (AvgIpc) is 2.64. The summed E-state index contributed by atoms with van der Waals surface area (Å²) in [6.07, 6.45) is 0.722. The van der Waals surface area contributed by atoms with E-state index in [-0.39, 0.29) is 0 Å². The Bertz CT molecular complexity index is 523. The molecule has 0 bridgehead atoms. The van der Waals surface area contributed by atoms with E-state index in [2.05, 4.69) is 5.16 Å². The van der Waals surface area contributed by atoms with Crippen molar-refractivity contribution in [1.29, 1.82) is 0 Å². The van der Waals surface area contributed by atoms with Crippen LogP contribution in [0.1, 0.15) is 12.7 Å². The van der Waals surface area contributed by atoms with Gasteiger partial charge in [0.25, 0.3) is 0 Å². The number of anilines is 1. The Morgan fingerprint density at radius 2 is 2.06 bits per heavy atom. The third kappa shape index (κ3) is 1.88. The molecule has 3 nitrogen and oxygen atoms in total. The zero-order valence-electron chi connectivity index (χ0n) is 8.63. The Morgan fingerprint density at radius 1 is 1.31 bits per heavy atom. The molecule has 0 fully saturated rings. The summed E-state index contributed by atoms with van der Waals surface area (Å²) in [6, 6.07) is 5.33. The quantitative estimate of drug-likeness (QED) is 0.890. The highest BCUT2D eigenvalue weighted by Gasteiger charge is 2.15. The molecule has 1 aromatic heterocycles. The molecule has 5 heteroatoms. The number of aromatic nitrogens is 1. The highest BCUT2D eigenvalue weighted by molar-refractivity contribution is 6.42. The van der Waals surface area contributed by atoms with Crippen molar-refractivity contribution in [2.24, 2.45) is 0 Å². The van der Waals surface area contributed by atoms with Gasteiger partial charge in [-0.25, -0.2) is 0 Å². The maximum atomic E-state index is 5.95. The van der Waals surface area contributed by atoms with Gasteiger partial charge in [-0.1, -0.05) is 41.3 Å². The molecular formula is C11H10Cl2N2O. The first-order valence-electron chi connectivity index (χ1n) is 4.83. The van der Waals surface area contributed by atoms with Crippen LogP contribution in [0.4, 0.5) is 5.82 Å². The minimum absolute atomic E-state index is 0.371. The van der Waals surface area contributed by atoms with E-state index in [1.54, 1.807) is 12.1 Å². The van der Waals surface area contributed by atoms with E-state index < -0.39 is 0 Å². The van der Waals surface area contributed by atoms with Crippen molar-refractivity contribution in [1.82, 2.24) is 5.16 Å². The lowest BCUT2D eigenvalue weighted by atomic mass is 10.0. The number of nitrogens with zero attached hydrogens (tertiary/aromatic N) is 1. The topological polar surface area (TPSA) is 52.0 Å². The van der Waals surface area contributed by atoms with Crippen LogP contribution in [0, 0.1) is 0 Å². The van der Waals surface area contributed by atoms with Gasteiger partial charge in [-0.15, -0.1) is 0 Å². The van der Waals surface area contributed by atoms with E-state index in [0.29, 0.717) is 15.9 Å². The molecule has 0 aliphatic carbocycles. The van der Waals surface area contributed by atoms with E-state index in [4.69, 9.17) is 33.5 Å². The van der Waals surface area contributed by atoms with Crippen molar-refractivity contribution < 1.29 is 4.52 Å². The Balaban J connectivity index is 2.57. The van der Waals surface area contributed by atoms with E-state index in [1.165, 1.54) is 0 Å². The van der Waals surface area contributed by atoms with Gasteiger partial charge >= 0.3 is 0 Å². The fourth-order valence-electron chi connectivity index (χ4n) is 1.54. The van der Waals surface area contributed by atoms with Crippen LogP contribution in [0.5, 0.6) is 0 Å². The lowest BCUT2D eigenvalue weighted by Gasteiger charge is -2.02. The molecule has 0 spiro atoms. The minimum Gasteiger partial charge on any atom is -0.380 e. The Labute approximate surface area is 103 Å². The van der Waals surface area contributed by atoms with E-state index in [9.17, 15) is 0 Å². The molecule has 2 N–H and O–H groups in total. The number of halogens is 2. The van der Waals surface area contributed by atoms with Gasteiger partial charge in [-0.2, -0.15) is 0 Å². The van der Waals surface area contributed by atoms with Crippen LogP contribution in [-0.2, 0) is 6.42 Å². The second kappa shape index (κ2) is 4.36. The molecule has 0 saturated carbocycles. The normalized spacial score (nSPS) is 10.7. The summed E-state index contributed by atoms with van der Waals surface area (Å²) < 4.78 is 5.12. The zero-order valence-corrected chi connectivity index (χ0v) is 10.1. The molecule has 0 unspecified atom stereocenters. The predicted octanol–water partition coefficient (Wildman–Crippen LogP) is 3.79. The molecule has 0 saturated heterocycles. The molecule has 0 radical (unpaired) electrons. The summed E-state index contributed by atoms with van der Waals surface area (Å²) in [4.78, 5) is 0. The smallest absolute Gasteiger partial charge is 0.175 e. The molecule has 0 aliphatic heterocycles. The van der Waals surface area contributed by atoms with Crippen LogP contribution < -0.4 is 5.73 Å². The van der Waals surface area contributed by atoms with Crippen LogP contribution >= 0.6 is 23.2 Å². The molecule has 0 aliphatic rings. The van der Waals surface area contributed by atoms with Gasteiger partial charge in [-0.3, -0.25) is 0 Å². The largest absolute Gasteiger partial charge is 0.380 e. The van der Waals surface area contributed by atoms with E-state index >= 15 is 0 Å². The van der Waals surface area contributed by atoms with E-state index in [0.717, 1.165) is 23.3 Å². The highest BCUT2D eigenvalue weighted by atomic mass is 35.5. The Morgan fingerprint density at radius 3 is 2.69 bits per heavy atom. The van der Waals surface area contributed by atoms with Gasteiger partial charge in [-0.05, 0) is 17.7 Å². The van der Waals surface area contributed by atoms with Crippen molar-refractivity contribution >= 4 is 29.0 Å². The van der Waals surface area contributed by atoms with Gasteiger partial charge in [0, 0.05) is 6.42 Å². The Kier molecular flexibility index (Phi) is 3.08. The zero-order chi connectivity index (χ0) is 11.7. The number of nitrogens with two attached hydrogens (primary N) is 1. The number of nitrogen functional groups attached to an aromatic ring is 1. The maximum Gasteiger partial charge on any atom is 0.175 e. The Hall–Kier alpha value is -1.19. The van der Waals surface area contributed by atoms with Crippen molar-refractivity contribution in [3.63, 3.8) is 0 Å². The molecule has 1 aromatic carbocycles. The summed E-state index contributed by atoms with van der Waals surface area (Å²) in [5, 5.41) is 4.74. The molecule has 0 atom stereocenters. The first-order chi connectivity index (χ1) is 7.63. The van der Waals surface area contributed by atoms with Crippen molar-refractivity contribution in [2.45, 2.75) is 13.3 Å². The fourth-order valence-corrected chi connectivity index (χ4v) is 1.84. The van der Waals surface area contributed by atoms with Gasteiger partial charge in [0.15, 0.2) is 5.82 Å². The van der Waals surface area contributed by atoms with Gasteiger partial charge in [0.1, 0.15) is 5.76 Å². The first-order valence-corrected chi connectivity index (χ1v) is 5.58. The average molecular weight is 257 g/mol. The van der Waals surface area contributed by atoms with Crippen LogP contribution in [0.2, 0.25) is 10.0 Å². The minimum atomic E-state index is 0.371. The van der Waals surface area contributed by atoms with Gasteiger partial charge in [0.2, 0.25) is 0 Å². The second-order valence-corrected chi connectivity index (χ2v) is 4.16. The molecule has 2 rings (SSSR count). The third-order valence-corrected chi connectivity index (χ3v) is 3.06. The summed E-state index contributed by atoms with van der Waals surface area (Å²) >= 11 is 11.8. The molecule has 16 heavy (non-hydrogen) atoms. The number of hydrogen-bond acceptors (Lipinski definition) is 3. The van der Waals surface area contributed by atoms with Crippen molar-refractivity contribution in [3.05, 3.63) is 34.0 Å². The SMILES string of the molecule is CCc1onc(N)c1-c1ccc(Cl)c(Cl)c1. The number of rotatable bonds is 2. The number of benzene rings is 1. The van der Waals surface area contributed by atoms with Crippen LogP contribution in [0.15, 0.2) is 22.7 Å². The third-order valence-electron chi connectivity index (χ3n) is 2.32. The van der Waals surface area contributed by atoms with Crippen LogP contribution in [0.25, 0.3) is 11.1 Å². The summed E-state index contributed by atoms with van der Waals surface area (Å²) in [7, 11) is 0. The number of hydrogen-bond donors (Lipinski definition) is 1. The van der Waals surface area contributed by atoms with Gasteiger partial charge in [0.05, 0.1) is 15.6 Å².